The van der Waals surface area contributed by atoms with Crippen LogP contribution in [0.1, 0.15) is 0 Å². The second-order valence-electron chi connectivity index (χ2n) is 2.54. The van der Waals surface area contributed by atoms with E-state index in [0.29, 0.717) is 15.8 Å². The molecule has 68 valence electrons. The highest BCUT2D eigenvalue weighted by molar-refractivity contribution is 7.18. The minimum absolute atomic E-state index is 0.623. The summed E-state index contributed by atoms with van der Waals surface area (Å²) in [5, 5.41) is 4.23. The van der Waals surface area contributed by atoms with Crippen molar-refractivity contribution in [3.05, 3.63) is 27.6 Å². The summed E-state index contributed by atoms with van der Waals surface area (Å²) in [5.41, 5.74) is 0. The highest BCUT2D eigenvalue weighted by atomic mass is 35.5. The minimum atomic E-state index is 0.623. The van der Waals surface area contributed by atoms with Gasteiger partial charge in [0.1, 0.15) is 5.75 Å². The molecule has 0 amide bonds. The van der Waals surface area contributed by atoms with Gasteiger partial charge in [0.2, 0.25) is 0 Å². The molecule has 0 unspecified atom stereocenters. The predicted octanol–water partition coefficient (Wildman–Crippen LogP) is 4.22. The van der Waals surface area contributed by atoms with Gasteiger partial charge in [0.25, 0.3) is 0 Å². The second kappa shape index (κ2) is 3.37. The Morgan fingerprint density at radius 1 is 1.38 bits per heavy atom. The molecule has 1 aromatic heterocycles. The average Bonchev–Trinajstić information content (AvgIpc) is 2.60. The maximum absolute atomic E-state index is 6.08. The molecule has 4 heteroatoms. The van der Waals surface area contributed by atoms with E-state index in [1.54, 1.807) is 24.5 Å². The largest absolute Gasteiger partial charge is 0.495 e. The topological polar surface area (TPSA) is 9.23 Å². The molecule has 0 bridgehead atoms. The Labute approximate surface area is 89.8 Å². The van der Waals surface area contributed by atoms with Gasteiger partial charge in [-0.25, -0.2) is 0 Å². The van der Waals surface area contributed by atoms with Gasteiger partial charge in [0, 0.05) is 11.5 Å². The average molecular weight is 233 g/mol. The minimum Gasteiger partial charge on any atom is -0.495 e. The molecule has 0 aliphatic carbocycles. The fourth-order valence-electron chi connectivity index (χ4n) is 1.19. The van der Waals surface area contributed by atoms with Crippen LogP contribution in [0, 0.1) is 0 Å². The van der Waals surface area contributed by atoms with Crippen molar-refractivity contribution in [1.82, 2.24) is 0 Å². The zero-order valence-electron chi connectivity index (χ0n) is 6.80. The van der Waals surface area contributed by atoms with Gasteiger partial charge in [-0.3, -0.25) is 0 Å². The molecule has 0 saturated heterocycles. The molecular weight excluding hydrogens is 227 g/mol. The zero-order valence-corrected chi connectivity index (χ0v) is 9.13. The van der Waals surface area contributed by atoms with Crippen LogP contribution in [0.2, 0.25) is 10.0 Å². The van der Waals surface area contributed by atoms with Gasteiger partial charge in [0.05, 0.1) is 21.9 Å². The molecule has 0 aliphatic heterocycles. The van der Waals surface area contributed by atoms with E-state index in [1.165, 1.54) is 0 Å². The summed E-state index contributed by atoms with van der Waals surface area (Å²) >= 11 is 13.7. The van der Waals surface area contributed by atoms with E-state index in [9.17, 15) is 0 Å². The molecule has 0 radical (unpaired) electrons. The lowest BCUT2D eigenvalue weighted by Gasteiger charge is -2.04. The molecule has 0 spiro atoms. The lowest BCUT2D eigenvalue weighted by Crippen LogP contribution is -1.84. The molecule has 0 atom stereocenters. The fraction of sp³-hybridized carbons (Fsp3) is 0.111. The summed E-state index contributed by atoms with van der Waals surface area (Å²) in [7, 11) is 1.58. The first-order valence-electron chi connectivity index (χ1n) is 3.63. The SMILES string of the molecule is COc1cc(Cl)c2sccc2c1Cl. The van der Waals surface area contributed by atoms with Gasteiger partial charge >= 0.3 is 0 Å². The molecular formula is C9H6Cl2OS. The third kappa shape index (κ3) is 1.39. The number of thiophene rings is 1. The number of rotatable bonds is 1. The van der Waals surface area contributed by atoms with Gasteiger partial charge in [-0.2, -0.15) is 0 Å². The van der Waals surface area contributed by atoms with Crippen molar-refractivity contribution in [2.75, 3.05) is 7.11 Å². The van der Waals surface area contributed by atoms with Gasteiger partial charge in [-0.15, -0.1) is 11.3 Å². The monoisotopic (exact) mass is 232 g/mol. The van der Waals surface area contributed by atoms with Crippen LogP contribution in [-0.4, -0.2) is 7.11 Å². The third-order valence-electron chi connectivity index (χ3n) is 1.81. The number of ether oxygens (including phenoxy) is 1. The lowest BCUT2D eigenvalue weighted by molar-refractivity contribution is 0.415. The summed E-state index contributed by atoms with van der Waals surface area (Å²) < 4.78 is 6.10. The first-order chi connectivity index (χ1) is 6.24. The van der Waals surface area contributed by atoms with E-state index in [4.69, 9.17) is 27.9 Å². The lowest BCUT2D eigenvalue weighted by atomic mass is 10.2. The Morgan fingerprint density at radius 2 is 2.15 bits per heavy atom. The van der Waals surface area contributed by atoms with Crippen molar-refractivity contribution in [2.24, 2.45) is 0 Å². The maximum Gasteiger partial charge on any atom is 0.139 e. The zero-order chi connectivity index (χ0) is 9.42. The highest BCUT2D eigenvalue weighted by Gasteiger charge is 2.10. The van der Waals surface area contributed by atoms with Crippen LogP contribution in [0.4, 0.5) is 0 Å². The van der Waals surface area contributed by atoms with E-state index >= 15 is 0 Å². The standard InChI is InChI=1S/C9H6Cl2OS/c1-12-7-4-6(10)9-5(8(7)11)2-3-13-9/h2-4H,1H3. The van der Waals surface area contributed by atoms with Crippen molar-refractivity contribution < 1.29 is 4.74 Å². The molecule has 2 rings (SSSR count). The summed E-state index contributed by atoms with van der Waals surface area (Å²) in [6, 6.07) is 3.68. The summed E-state index contributed by atoms with van der Waals surface area (Å²) in [6.45, 7) is 0. The van der Waals surface area contributed by atoms with E-state index < -0.39 is 0 Å². The number of halogens is 2. The molecule has 0 N–H and O–H groups in total. The van der Waals surface area contributed by atoms with Gasteiger partial charge in [0.15, 0.2) is 0 Å². The number of benzene rings is 1. The Bertz CT molecular complexity index is 450. The van der Waals surface area contributed by atoms with E-state index in [2.05, 4.69) is 0 Å². The molecule has 13 heavy (non-hydrogen) atoms. The number of hydrogen-bond acceptors (Lipinski definition) is 2. The van der Waals surface area contributed by atoms with Crippen LogP contribution in [0.25, 0.3) is 10.1 Å². The Balaban J connectivity index is 2.85. The molecule has 1 heterocycles. The molecule has 0 aliphatic rings. The van der Waals surface area contributed by atoms with Crippen LogP contribution < -0.4 is 4.74 Å². The fourth-order valence-corrected chi connectivity index (χ4v) is 2.68. The number of fused-ring (bicyclic) bond motifs is 1. The number of methoxy groups -OCH3 is 1. The van der Waals surface area contributed by atoms with Gasteiger partial charge < -0.3 is 4.74 Å². The highest BCUT2D eigenvalue weighted by Crippen LogP contribution is 2.40. The molecule has 0 fully saturated rings. The normalized spacial score (nSPS) is 10.7. The molecule has 0 saturated carbocycles. The van der Waals surface area contributed by atoms with E-state index in [1.807, 2.05) is 11.4 Å². The van der Waals surface area contributed by atoms with Crippen LogP contribution in [0.15, 0.2) is 17.5 Å². The first-order valence-corrected chi connectivity index (χ1v) is 5.27. The summed E-state index contributed by atoms with van der Waals surface area (Å²) in [5.74, 6) is 0.623. The number of hydrogen-bond donors (Lipinski definition) is 0. The second-order valence-corrected chi connectivity index (χ2v) is 4.24. The van der Waals surface area contributed by atoms with E-state index in [0.717, 1.165) is 10.1 Å². The first kappa shape index (κ1) is 9.13. The molecule has 1 nitrogen and oxygen atoms in total. The Kier molecular flexibility index (Phi) is 2.37. The van der Waals surface area contributed by atoms with Crippen LogP contribution in [0.3, 0.4) is 0 Å². The summed E-state index contributed by atoms with van der Waals surface area (Å²) in [6.07, 6.45) is 0. The summed E-state index contributed by atoms with van der Waals surface area (Å²) in [4.78, 5) is 0. The van der Waals surface area contributed by atoms with Gasteiger partial charge in [-0.05, 0) is 11.4 Å². The Morgan fingerprint density at radius 3 is 2.85 bits per heavy atom. The molecule has 2 aromatic rings. The van der Waals surface area contributed by atoms with Crippen molar-refractivity contribution in [3.63, 3.8) is 0 Å². The predicted molar refractivity (Wildman–Crippen MR) is 58.4 cm³/mol. The van der Waals surface area contributed by atoms with Crippen molar-refractivity contribution in [2.45, 2.75) is 0 Å². The smallest absolute Gasteiger partial charge is 0.139 e. The Hall–Kier alpha value is -0.440. The van der Waals surface area contributed by atoms with Crippen LogP contribution >= 0.6 is 34.5 Å². The molecule has 1 aromatic carbocycles. The van der Waals surface area contributed by atoms with Crippen LogP contribution in [0.5, 0.6) is 5.75 Å². The van der Waals surface area contributed by atoms with Crippen LogP contribution in [-0.2, 0) is 0 Å². The maximum atomic E-state index is 6.08. The van der Waals surface area contributed by atoms with Crippen molar-refractivity contribution >= 4 is 44.6 Å². The quantitative estimate of drug-likeness (QED) is 0.716. The van der Waals surface area contributed by atoms with Crippen molar-refractivity contribution in [3.8, 4) is 5.75 Å². The van der Waals surface area contributed by atoms with E-state index in [-0.39, 0.29) is 0 Å². The van der Waals surface area contributed by atoms with Gasteiger partial charge in [-0.1, -0.05) is 23.2 Å². The third-order valence-corrected chi connectivity index (χ3v) is 3.56. The van der Waals surface area contributed by atoms with Crippen molar-refractivity contribution in [1.29, 1.82) is 0 Å².